The summed E-state index contributed by atoms with van der Waals surface area (Å²) in [6.45, 7) is 6.03. The molecule has 2 aliphatic heterocycles. The maximum absolute atomic E-state index is 12.7. The highest BCUT2D eigenvalue weighted by molar-refractivity contribution is 5.97. The molecule has 1 amide bonds. The number of piperidine rings is 1. The lowest BCUT2D eigenvalue weighted by Crippen LogP contribution is -2.47. The zero-order valence-corrected chi connectivity index (χ0v) is 13.7. The van der Waals surface area contributed by atoms with Crippen LogP contribution in [0.3, 0.4) is 0 Å². The van der Waals surface area contributed by atoms with Gasteiger partial charge in [0.1, 0.15) is 0 Å². The normalized spacial score (nSPS) is 25.3. The van der Waals surface area contributed by atoms with Crippen molar-refractivity contribution in [1.82, 2.24) is 4.90 Å². The number of amides is 1. The molecule has 2 unspecified atom stereocenters. The first kappa shape index (κ1) is 16.3. The number of hydrogen-bond acceptors (Lipinski definition) is 2. The molecule has 0 aliphatic carbocycles. The molecule has 1 saturated heterocycles. The van der Waals surface area contributed by atoms with Crippen LogP contribution in [-0.4, -0.2) is 36.0 Å². The molecule has 1 aromatic carbocycles. The van der Waals surface area contributed by atoms with Crippen LogP contribution in [0, 0.1) is 0 Å². The van der Waals surface area contributed by atoms with Crippen molar-refractivity contribution < 1.29 is 4.79 Å². The summed E-state index contributed by atoms with van der Waals surface area (Å²) in [5, 5.41) is 0. The van der Waals surface area contributed by atoms with E-state index in [0.29, 0.717) is 18.6 Å². The van der Waals surface area contributed by atoms with Crippen LogP contribution in [0.1, 0.15) is 38.7 Å². The van der Waals surface area contributed by atoms with Gasteiger partial charge >= 0.3 is 0 Å². The predicted octanol–water partition coefficient (Wildman–Crippen LogP) is 3.26. The third-order valence-corrected chi connectivity index (χ3v) is 4.75. The Morgan fingerprint density at radius 2 is 1.95 bits per heavy atom. The number of anilines is 1. The van der Waals surface area contributed by atoms with Gasteiger partial charge in [-0.25, -0.2) is 0 Å². The van der Waals surface area contributed by atoms with Crippen molar-refractivity contribution in [1.29, 1.82) is 0 Å². The minimum atomic E-state index is 0. The molecule has 0 bridgehead atoms. The van der Waals surface area contributed by atoms with E-state index in [1.807, 2.05) is 11.0 Å². The predicted molar refractivity (Wildman–Crippen MR) is 89.2 cm³/mol. The Kier molecular flexibility index (Phi) is 5.28. The van der Waals surface area contributed by atoms with E-state index in [-0.39, 0.29) is 18.3 Å². The quantitative estimate of drug-likeness (QED) is 0.837. The molecule has 1 aromatic rings. The summed E-state index contributed by atoms with van der Waals surface area (Å²) >= 11 is 0. The molecule has 0 saturated carbocycles. The van der Waals surface area contributed by atoms with E-state index in [2.05, 4.69) is 36.9 Å². The highest BCUT2D eigenvalue weighted by atomic mass is 35.5. The molecule has 2 heterocycles. The number of fused-ring (bicyclic) bond motifs is 1. The summed E-state index contributed by atoms with van der Waals surface area (Å²) in [7, 11) is 0. The van der Waals surface area contributed by atoms with Gasteiger partial charge in [0, 0.05) is 17.8 Å². The summed E-state index contributed by atoms with van der Waals surface area (Å²) < 4.78 is 0. The maximum Gasteiger partial charge on any atom is 0.241 e. The lowest BCUT2D eigenvalue weighted by atomic mass is 10.0. The van der Waals surface area contributed by atoms with E-state index in [1.54, 1.807) is 0 Å². The molecule has 3 nitrogen and oxygen atoms in total. The number of nitrogens with zero attached hydrogens (tertiary/aromatic N) is 2. The Morgan fingerprint density at radius 3 is 2.71 bits per heavy atom. The van der Waals surface area contributed by atoms with Crippen LogP contribution in [0.2, 0.25) is 0 Å². The van der Waals surface area contributed by atoms with E-state index in [4.69, 9.17) is 0 Å². The second-order valence-corrected chi connectivity index (χ2v) is 6.26. The van der Waals surface area contributed by atoms with Crippen molar-refractivity contribution >= 4 is 24.0 Å². The second kappa shape index (κ2) is 6.80. The Bertz CT molecular complexity index is 505. The van der Waals surface area contributed by atoms with Crippen LogP contribution in [-0.2, 0) is 11.2 Å². The fourth-order valence-electron chi connectivity index (χ4n) is 3.59. The van der Waals surface area contributed by atoms with Crippen molar-refractivity contribution in [2.75, 3.05) is 18.0 Å². The molecule has 4 heteroatoms. The molecule has 0 radical (unpaired) electrons. The lowest BCUT2D eigenvalue weighted by molar-refractivity contribution is -0.120. The van der Waals surface area contributed by atoms with E-state index >= 15 is 0 Å². The van der Waals surface area contributed by atoms with Crippen LogP contribution in [0.15, 0.2) is 24.3 Å². The van der Waals surface area contributed by atoms with Crippen molar-refractivity contribution in [3.8, 4) is 0 Å². The van der Waals surface area contributed by atoms with Crippen molar-refractivity contribution in [2.45, 2.75) is 51.6 Å². The highest BCUT2D eigenvalue weighted by Gasteiger charge is 2.32. The minimum Gasteiger partial charge on any atom is -0.308 e. The van der Waals surface area contributed by atoms with Crippen molar-refractivity contribution in [3.63, 3.8) is 0 Å². The number of halogens is 1. The molecular formula is C17H25ClN2O. The summed E-state index contributed by atoms with van der Waals surface area (Å²) in [5.41, 5.74) is 2.43. The maximum atomic E-state index is 12.7. The average Bonchev–Trinajstić information content (AvgIpc) is 2.77. The monoisotopic (exact) mass is 308 g/mol. The molecule has 2 aliphatic rings. The van der Waals surface area contributed by atoms with E-state index in [1.165, 1.54) is 24.8 Å². The van der Waals surface area contributed by atoms with Gasteiger partial charge in [0.05, 0.1) is 6.54 Å². The standard InChI is InChI=1S/C17H24N2O.ClH/c1-13-7-5-6-10-18(13)12-17(20)19-14(2)11-15-8-3-4-9-16(15)19;/h3-4,8-9,13-14H,5-7,10-12H2,1-2H3;1H. The largest absolute Gasteiger partial charge is 0.308 e. The fourth-order valence-corrected chi connectivity index (χ4v) is 3.59. The van der Waals surface area contributed by atoms with E-state index in [0.717, 1.165) is 18.7 Å². The summed E-state index contributed by atoms with van der Waals surface area (Å²) in [6, 6.07) is 9.15. The van der Waals surface area contributed by atoms with Crippen LogP contribution in [0.5, 0.6) is 0 Å². The smallest absolute Gasteiger partial charge is 0.241 e. The highest BCUT2D eigenvalue weighted by Crippen LogP contribution is 2.32. The first-order valence-electron chi connectivity index (χ1n) is 7.81. The third kappa shape index (κ3) is 3.24. The van der Waals surface area contributed by atoms with Crippen LogP contribution in [0.4, 0.5) is 5.69 Å². The Balaban J connectivity index is 0.00000161. The molecule has 0 aromatic heterocycles. The Morgan fingerprint density at radius 1 is 1.19 bits per heavy atom. The second-order valence-electron chi connectivity index (χ2n) is 6.26. The zero-order valence-electron chi connectivity index (χ0n) is 12.9. The number of carbonyl (C=O) groups is 1. The van der Waals surface area contributed by atoms with Crippen molar-refractivity contribution in [3.05, 3.63) is 29.8 Å². The third-order valence-electron chi connectivity index (χ3n) is 4.75. The van der Waals surface area contributed by atoms with Crippen LogP contribution < -0.4 is 4.90 Å². The van der Waals surface area contributed by atoms with Gasteiger partial charge in [-0.2, -0.15) is 0 Å². The topological polar surface area (TPSA) is 23.6 Å². The molecule has 2 atom stereocenters. The van der Waals surface area contributed by atoms with E-state index < -0.39 is 0 Å². The van der Waals surface area contributed by atoms with Gasteiger partial charge in [0.25, 0.3) is 0 Å². The molecule has 21 heavy (non-hydrogen) atoms. The Labute approximate surface area is 133 Å². The fraction of sp³-hybridized carbons (Fsp3) is 0.588. The molecule has 116 valence electrons. The number of hydrogen-bond donors (Lipinski definition) is 0. The van der Waals surface area contributed by atoms with E-state index in [9.17, 15) is 4.79 Å². The van der Waals surface area contributed by atoms with Gasteiger partial charge in [-0.15, -0.1) is 12.4 Å². The van der Waals surface area contributed by atoms with Gasteiger partial charge in [0.2, 0.25) is 5.91 Å². The van der Waals surface area contributed by atoms with Crippen LogP contribution in [0.25, 0.3) is 0 Å². The van der Waals surface area contributed by atoms with Gasteiger partial charge < -0.3 is 4.90 Å². The summed E-state index contributed by atoms with van der Waals surface area (Å²) in [4.78, 5) is 17.1. The number of rotatable bonds is 2. The zero-order chi connectivity index (χ0) is 14.1. The first-order chi connectivity index (χ1) is 9.66. The molecule has 0 N–H and O–H groups in total. The number of para-hydroxylation sites is 1. The number of carbonyl (C=O) groups excluding carboxylic acids is 1. The number of likely N-dealkylation sites (tertiary alicyclic amines) is 1. The summed E-state index contributed by atoms with van der Waals surface area (Å²) in [5.74, 6) is 0.260. The minimum absolute atomic E-state index is 0. The molecule has 1 fully saturated rings. The number of benzene rings is 1. The summed E-state index contributed by atoms with van der Waals surface area (Å²) in [6.07, 6.45) is 4.73. The molecule has 0 spiro atoms. The Hall–Kier alpha value is -1.06. The van der Waals surface area contributed by atoms with Gasteiger partial charge in [0.15, 0.2) is 0 Å². The lowest BCUT2D eigenvalue weighted by Gasteiger charge is -2.34. The molecule has 3 rings (SSSR count). The molecular weight excluding hydrogens is 284 g/mol. The van der Waals surface area contributed by atoms with Gasteiger partial charge in [-0.05, 0) is 51.3 Å². The van der Waals surface area contributed by atoms with Gasteiger partial charge in [-0.1, -0.05) is 24.6 Å². The van der Waals surface area contributed by atoms with Crippen LogP contribution >= 0.6 is 12.4 Å². The van der Waals surface area contributed by atoms with Crippen molar-refractivity contribution in [2.24, 2.45) is 0 Å². The van der Waals surface area contributed by atoms with Gasteiger partial charge in [-0.3, -0.25) is 9.69 Å². The first-order valence-corrected chi connectivity index (χ1v) is 7.81. The SMILES string of the molecule is CC1CCCCN1CC(=O)N1c2ccccc2CC1C.Cl. The average molecular weight is 309 g/mol.